The van der Waals surface area contributed by atoms with E-state index in [2.05, 4.69) is 15.4 Å². The number of aryl methyl sites for hydroxylation is 1. The number of nitrogens with one attached hydrogen (secondary N) is 1. The van der Waals surface area contributed by atoms with Gasteiger partial charge in [0.15, 0.2) is 5.65 Å². The van der Waals surface area contributed by atoms with Crippen LogP contribution in [0.3, 0.4) is 0 Å². The standard InChI is InChI=1S/C15H14F2N4/c1-10-4-14(21-15(5-10)19-9-20-21)18-3-2-11-6-12(16)8-13(17)7-11/h4-9,18H,2-3H2,1H3. The van der Waals surface area contributed by atoms with Gasteiger partial charge in [0.05, 0.1) is 0 Å². The van der Waals surface area contributed by atoms with Crippen LogP contribution < -0.4 is 5.32 Å². The number of hydrogen-bond acceptors (Lipinski definition) is 3. The molecule has 0 aliphatic heterocycles. The van der Waals surface area contributed by atoms with Crippen molar-refractivity contribution in [3.63, 3.8) is 0 Å². The Bertz CT molecular complexity index is 762. The zero-order chi connectivity index (χ0) is 14.8. The molecular weight excluding hydrogens is 274 g/mol. The maximum absolute atomic E-state index is 13.1. The van der Waals surface area contributed by atoms with Crippen LogP contribution in [0, 0.1) is 18.6 Å². The van der Waals surface area contributed by atoms with Crippen LogP contribution in [0.25, 0.3) is 5.65 Å². The summed E-state index contributed by atoms with van der Waals surface area (Å²) in [6, 6.07) is 7.43. The maximum atomic E-state index is 13.1. The minimum Gasteiger partial charge on any atom is -0.370 e. The second-order valence-corrected chi connectivity index (χ2v) is 4.90. The van der Waals surface area contributed by atoms with Crippen LogP contribution in [0.15, 0.2) is 36.7 Å². The first-order valence-electron chi connectivity index (χ1n) is 6.61. The molecule has 3 rings (SSSR count). The molecule has 0 saturated heterocycles. The number of fused-ring (bicyclic) bond motifs is 1. The van der Waals surface area contributed by atoms with Crippen LogP contribution in [-0.2, 0) is 6.42 Å². The van der Waals surface area contributed by atoms with Crippen molar-refractivity contribution in [3.05, 3.63) is 59.4 Å². The number of pyridine rings is 1. The Morgan fingerprint density at radius 2 is 1.86 bits per heavy atom. The van der Waals surface area contributed by atoms with E-state index < -0.39 is 11.6 Å². The molecule has 0 bridgehead atoms. The normalized spacial score (nSPS) is 11.0. The van der Waals surface area contributed by atoms with E-state index in [9.17, 15) is 8.78 Å². The first-order valence-corrected chi connectivity index (χ1v) is 6.61. The van der Waals surface area contributed by atoms with Gasteiger partial charge in [0, 0.05) is 12.6 Å². The Hall–Kier alpha value is -2.50. The zero-order valence-corrected chi connectivity index (χ0v) is 11.5. The van der Waals surface area contributed by atoms with Crippen molar-refractivity contribution in [3.8, 4) is 0 Å². The highest BCUT2D eigenvalue weighted by Gasteiger charge is 2.05. The van der Waals surface area contributed by atoms with Crippen LogP contribution in [0.1, 0.15) is 11.1 Å². The van der Waals surface area contributed by atoms with Gasteiger partial charge in [-0.05, 0) is 48.7 Å². The maximum Gasteiger partial charge on any atom is 0.157 e. The molecule has 2 heterocycles. The van der Waals surface area contributed by atoms with Crippen molar-refractivity contribution in [1.82, 2.24) is 14.6 Å². The van der Waals surface area contributed by atoms with Gasteiger partial charge in [-0.2, -0.15) is 9.61 Å². The fourth-order valence-corrected chi connectivity index (χ4v) is 2.27. The Morgan fingerprint density at radius 3 is 2.62 bits per heavy atom. The van der Waals surface area contributed by atoms with E-state index in [1.165, 1.54) is 18.5 Å². The van der Waals surface area contributed by atoms with Gasteiger partial charge in [-0.3, -0.25) is 0 Å². The minimum absolute atomic E-state index is 0.513. The predicted molar refractivity (Wildman–Crippen MR) is 76.3 cm³/mol. The lowest BCUT2D eigenvalue weighted by Gasteiger charge is -2.09. The van der Waals surface area contributed by atoms with Crippen LogP contribution in [0.5, 0.6) is 0 Å². The molecule has 4 nitrogen and oxygen atoms in total. The Balaban J connectivity index is 1.73. The van der Waals surface area contributed by atoms with Crippen molar-refractivity contribution in [1.29, 1.82) is 0 Å². The van der Waals surface area contributed by atoms with Crippen LogP contribution >= 0.6 is 0 Å². The quantitative estimate of drug-likeness (QED) is 0.802. The number of benzene rings is 1. The van der Waals surface area contributed by atoms with Gasteiger partial charge in [-0.1, -0.05) is 0 Å². The fourth-order valence-electron chi connectivity index (χ4n) is 2.27. The van der Waals surface area contributed by atoms with Crippen LogP contribution in [0.2, 0.25) is 0 Å². The Labute approximate surface area is 120 Å². The molecular formula is C15H14F2N4. The summed E-state index contributed by atoms with van der Waals surface area (Å²) in [4.78, 5) is 4.14. The second kappa shape index (κ2) is 5.47. The fraction of sp³-hybridized carbons (Fsp3) is 0.200. The van der Waals surface area contributed by atoms with Crippen molar-refractivity contribution < 1.29 is 8.78 Å². The highest BCUT2D eigenvalue weighted by molar-refractivity contribution is 5.51. The summed E-state index contributed by atoms with van der Waals surface area (Å²) in [5.41, 5.74) is 2.44. The highest BCUT2D eigenvalue weighted by atomic mass is 19.1. The second-order valence-electron chi connectivity index (χ2n) is 4.90. The molecule has 0 radical (unpaired) electrons. The minimum atomic E-state index is -0.556. The highest BCUT2D eigenvalue weighted by Crippen LogP contribution is 2.14. The monoisotopic (exact) mass is 288 g/mol. The number of halogens is 2. The molecule has 2 aromatic heterocycles. The molecule has 0 atom stereocenters. The number of aromatic nitrogens is 3. The SMILES string of the molecule is Cc1cc(NCCc2cc(F)cc(F)c2)n2ncnc2c1. The third kappa shape index (κ3) is 2.99. The van der Waals surface area contributed by atoms with Gasteiger partial charge in [-0.15, -0.1) is 0 Å². The predicted octanol–water partition coefficient (Wildman–Crippen LogP) is 2.97. The van der Waals surface area contributed by atoms with Gasteiger partial charge in [0.25, 0.3) is 0 Å². The number of hydrogen-bond donors (Lipinski definition) is 1. The first kappa shape index (κ1) is 13.5. The molecule has 0 saturated carbocycles. The van der Waals surface area contributed by atoms with Crippen molar-refractivity contribution >= 4 is 11.5 Å². The molecule has 6 heteroatoms. The summed E-state index contributed by atoms with van der Waals surface area (Å²) >= 11 is 0. The molecule has 0 aliphatic carbocycles. The topological polar surface area (TPSA) is 42.2 Å². The van der Waals surface area contributed by atoms with E-state index in [0.29, 0.717) is 18.5 Å². The summed E-state index contributed by atoms with van der Waals surface area (Å²) in [5, 5.41) is 7.35. The van der Waals surface area contributed by atoms with Gasteiger partial charge in [0.2, 0.25) is 0 Å². The van der Waals surface area contributed by atoms with E-state index in [1.807, 2.05) is 19.1 Å². The largest absolute Gasteiger partial charge is 0.370 e. The summed E-state index contributed by atoms with van der Waals surface area (Å²) in [5.74, 6) is -0.308. The van der Waals surface area contributed by atoms with Gasteiger partial charge < -0.3 is 5.32 Å². The molecule has 0 spiro atoms. The average molecular weight is 288 g/mol. The molecule has 3 aromatic rings. The third-order valence-electron chi connectivity index (χ3n) is 3.17. The number of rotatable bonds is 4. The molecule has 21 heavy (non-hydrogen) atoms. The average Bonchev–Trinajstić information content (AvgIpc) is 2.85. The lowest BCUT2D eigenvalue weighted by atomic mass is 10.1. The van der Waals surface area contributed by atoms with Gasteiger partial charge in [-0.25, -0.2) is 13.8 Å². The lowest BCUT2D eigenvalue weighted by Crippen LogP contribution is -2.09. The molecule has 1 N–H and O–H groups in total. The van der Waals surface area contributed by atoms with E-state index in [1.54, 1.807) is 4.52 Å². The summed E-state index contributed by atoms with van der Waals surface area (Å²) in [6.45, 7) is 2.52. The summed E-state index contributed by atoms with van der Waals surface area (Å²) < 4.78 is 27.9. The zero-order valence-electron chi connectivity index (χ0n) is 11.5. The third-order valence-corrected chi connectivity index (χ3v) is 3.17. The summed E-state index contributed by atoms with van der Waals surface area (Å²) in [6.07, 6.45) is 2.00. The van der Waals surface area contributed by atoms with Gasteiger partial charge in [0.1, 0.15) is 23.8 Å². The Morgan fingerprint density at radius 1 is 1.10 bits per heavy atom. The van der Waals surface area contributed by atoms with Crippen LogP contribution in [0.4, 0.5) is 14.6 Å². The van der Waals surface area contributed by atoms with Crippen molar-refractivity contribution in [2.45, 2.75) is 13.3 Å². The van der Waals surface area contributed by atoms with Crippen LogP contribution in [-0.4, -0.2) is 21.1 Å². The van der Waals surface area contributed by atoms with Gasteiger partial charge >= 0.3 is 0 Å². The van der Waals surface area contributed by atoms with E-state index in [-0.39, 0.29) is 0 Å². The molecule has 0 unspecified atom stereocenters. The van der Waals surface area contributed by atoms with Crippen molar-refractivity contribution in [2.24, 2.45) is 0 Å². The smallest absolute Gasteiger partial charge is 0.157 e. The van der Waals surface area contributed by atoms with Crippen molar-refractivity contribution in [2.75, 3.05) is 11.9 Å². The molecule has 0 fully saturated rings. The summed E-state index contributed by atoms with van der Waals surface area (Å²) in [7, 11) is 0. The molecule has 1 aromatic carbocycles. The van der Waals surface area contributed by atoms with E-state index >= 15 is 0 Å². The number of nitrogens with zero attached hydrogens (tertiary/aromatic N) is 3. The molecule has 0 aliphatic rings. The molecule has 108 valence electrons. The van der Waals surface area contributed by atoms with E-state index in [4.69, 9.17) is 0 Å². The molecule has 0 amide bonds. The number of anilines is 1. The van der Waals surface area contributed by atoms with E-state index in [0.717, 1.165) is 23.1 Å². The lowest BCUT2D eigenvalue weighted by molar-refractivity contribution is 0.580. The first-order chi connectivity index (χ1) is 10.1. The Kier molecular flexibility index (Phi) is 3.51.